The third-order valence-corrected chi connectivity index (χ3v) is 5.60. The van der Waals surface area contributed by atoms with Crippen LogP contribution in [0.5, 0.6) is 0 Å². The summed E-state index contributed by atoms with van der Waals surface area (Å²) in [6, 6.07) is 7.62. The van der Waals surface area contributed by atoms with Gasteiger partial charge in [-0.2, -0.15) is 0 Å². The number of nitrogens with zero attached hydrogens (tertiary/aromatic N) is 1. The smallest absolute Gasteiger partial charge is 0.329 e. The van der Waals surface area contributed by atoms with Gasteiger partial charge in [0.15, 0.2) is 0 Å². The predicted molar refractivity (Wildman–Crippen MR) is 91.0 cm³/mol. The highest BCUT2D eigenvalue weighted by atomic mass is 32.2. The Labute approximate surface area is 144 Å². The van der Waals surface area contributed by atoms with E-state index >= 15 is 0 Å². The van der Waals surface area contributed by atoms with E-state index < -0.39 is 17.4 Å². The monoisotopic (exact) mass is 348 g/mol. The molecule has 1 aromatic rings. The van der Waals surface area contributed by atoms with E-state index in [1.807, 2.05) is 30.5 Å². The van der Waals surface area contributed by atoms with Crippen LogP contribution in [0, 0.1) is 5.92 Å². The summed E-state index contributed by atoms with van der Waals surface area (Å²) in [5.41, 5.74) is -0.363. The zero-order valence-electron chi connectivity index (χ0n) is 13.4. The zero-order chi connectivity index (χ0) is 17.3. The van der Waals surface area contributed by atoms with Crippen molar-refractivity contribution in [1.82, 2.24) is 5.32 Å². The molecule has 0 spiro atoms. The second-order valence-corrected chi connectivity index (χ2v) is 7.21. The second kappa shape index (κ2) is 6.47. The molecule has 2 amide bonds. The largest absolute Gasteiger partial charge is 0.480 e. The Morgan fingerprint density at radius 1 is 1.29 bits per heavy atom. The molecule has 1 aromatic carbocycles. The standard InChI is InChI=1S/C17H20N2O4S/c1-24-13-5-3-12(4-6-13)19-10-11(9-14(19)20)15(21)18-17(16(22)23)7-2-8-17/h3-6,11H,2,7-10H2,1H3,(H,18,21)(H,22,23). The predicted octanol–water partition coefficient (Wildman–Crippen LogP) is 1.88. The molecule has 1 atom stereocenters. The number of nitrogens with one attached hydrogen (secondary N) is 1. The molecule has 1 saturated heterocycles. The molecule has 128 valence electrons. The lowest BCUT2D eigenvalue weighted by Crippen LogP contribution is -2.60. The Kier molecular flexibility index (Phi) is 4.54. The fourth-order valence-electron chi connectivity index (χ4n) is 3.16. The van der Waals surface area contributed by atoms with Crippen LogP contribution >= 0.6 is 11.8 Å². The van der Waals surface area contributed by atoms with Crippen LogP contribution in [0.1, 0.15) is 25.7 Å². The Morgan fingerprint density at radius 3 is 2.46 bits per heavy atom. The number of carbonyl (C=O) groups excluding carboxylic acids is 2. The summed E-state index contributed by atoms with van der Waals surface area (Å²) in [5, 5.41) is 12.0. The lowest BCUT2D eigenvalue weighted by molar-refractivity contribution is -0.152. The maximum Gasteiger partial charge on any atom is 0.329 e. The number of benzene rings is 1. The van der Waals surface area contributed by atoms with Crippen LogP contribution in [-0.2, 0) is 14.4 Å². The zero-order valence-corrected chi connectivity index (χ0v) is 14.3. The van der Waals surface area contributed by atoms with Gasteiger partial charge in [0.2, 0.25) is 11.8 Å². The normalized spacial score (nSPS) is 22.1. The Hall–Kier alpha value is -2.02. The van der Waals surface area contributed by atoms with Gasteiger partial charge in [0.05, 0.1) is 5.92 Å². The maximum atomic E-state index is 12.4. The van der Waals surface area contributed by atoms with Crippen molar-refractivity contribution in [2.75, 3.05) is 17.7 Å². The number of aliphatic carboxylic acids is 1. The van der Waals surface area contributed by atoms with E-state index in [1.54, 1.807) is 16.7 Å². The molecule has 0 radical (unpaired) electrons. The molecule has 1 saturated carbocycles. The van der Waals surface area contributed by atoms with Crippen molar-refractivity contribution < 1.29 is 19.5 Å². The lowest BCUT2D eigenvalue weighted by Gasteiger charge is -2.38. The van der Waals surface area contributed by atoms with Crippen molar-refractivity contribution in [2.24, 2.45) is 5.92 Å². The van der Waals surface area contributed by atoms with E-state index in [2.05, 4.69) is 5.32 Å². The third kappa shape index (κ3) is 3.00. The summed E-state index contributed by atoms with van der Waals surface area (Å²) in [4.78, 5) is 38.8. The lowest BCUT2D eigenvalue weighted by atomic mass is 9.76. The number of thioether (sulfide) groups is 1. The van der Waals surface area contributed by atoms with Gasteiger partial charge in [-0.1, -0.05) is 0 Å². The van der Waals surface area contributed by atoms with Gasteiger partial charge in [-0.05, 0) is 49.8 Å². The van der Waals surface area contributed by atoms with Crippen LogP contribution in [0.2, 0.25) is 0 Å². The van der Waals surface area contributed by atoms with Crippen molar-refractivity contribution in [3.05, 3.63) is 24.3 Å². The molecule has 0 bridgehead atoms. The number of hydrogen-bond acceptors (Lipinski definition) is 4. The molecule has 1 heterocycles. The van der Waals surface area contributed by atoms with E-state index in [0.717, 1.165) is 17.0 Å². The highest BCUT2D eigenvalue weighted by Crippen LogP contribution is 2.33. The number of hydrogen-bond donors (Lipinski definition) is 2. The first kappa shape index (κ1) is 16.8. The quantitative estimate of drug-likeness (QED) is 0.794. The van der Waals surface area contributed by atoms with Crippen molar-refractivity contribution in [1.29, 1.82) is 0 Å². The van der Waals surface area contributed by atoms with E-state index in [-0.39, 0.29) is 18.2 Å². The van der Waals surface area contributed by atoms with Gasteiger partial charge < -0.3 is 15.3 Å². The molecule has 3 rings (SSSR count). The van der Waals surface area contributed by atoms with Crippen LogP contribution in [0.25, 0.3) is 0 Å². The summed E-state index contributed by atoms with van der Waals surface area (Å²) < 4.78 is 0. The Balaban J connectivity index is 1.67. The number of carbonyl (C=O) groups is 3. The summed E-state index contributed by atoms with van der Waals surface area (Å²) in [7, 11) is 0. The first-order valence-corrected chi connectivity index (χ1v) is 9.17. The highest BCUT2D eigenvalue weighted by molar-refractivity contribution is 7.98. The van der Waals surface area contributed by atoms with Crippen LogP contribution in [0.3, 0.4) is 0 Å². The van der Waals surface area contributed by atoms with Crippen LogP contribution in [0.4, 0.5) is 5.69 Å². The van der Waals surface area contributed by atoms with Crippen LogP contribution in [-0.4, -0.2) is 41.2 Å². The number of carboxylic acids is 1. The van der Waals surface area contributed by atoms with Crippen LogP contribution in [0.15, 0.2) is 29.2 Å². The van der Waals surface area contributed by atoms with Crippen molar-refractivity contribution in [3.8, 4) is 0 Å². The molecule has 6 nitrogen and oxygen atoms in total. The minimum Gasteiger partial charge on any atom is -0.480 e. The van der Waals surface area contributed by atoms with Crippen molar-refractivity contribution >= 4 is 35.2 Å². The molecule has 0 aromatic heterocycles. The Morgan fingerprint density at radius 2 is 1.96 bits per heavy atom. The summed E-state index contributed by atoms with van der Waals surface area (Å²) in [5.74, 6) is -1.94. The fourth-order valence-corrected chi connectivity index (χ4v) is 3.56. The molecular weight excluding hydrogens is 328 g/mol. The Bertz CT molecular complexity index is 670. The first-order valence-electron chi connectivity index (χ1n) is 7.95. The summed E-state index contributed by atoms with van der Waals surface area (Å²) >= 11 is 1.62. The fraction of sp³-hybridized carbons (Fsp3) is 0.471. The highest BCUT2D eigenvalue weighted by Gasteiger charge is 2.47. The second-order valence-electron chi connectivity index (χ2n) is 6.33. The molecule has 7 heteroatoms. The summed E-state index contributed by atoms with van der Waals surface area (Å²) in [6.45, 7) is 0.291. The molecule has 2 N–H and O–H groups in total. The van der Waals surface area contributed by atoms with Gasteiger partial charge in [-0.15, -0.1) is 11.8 Å². The number of amides is 2. The van der Waals surface area contributed by atoms with Gasteiger partial charge in [-0.3, -0.25) is 9.59 Å². The molecule has 1 aliphatic carbocycles. The molecule has 1 unspecified atom stereocenters. The maximum absolute atomic E-state index is 12.4. The van der Waals surface area contributed by atoms with E-state index in [4.69, 9.17) is 0 Å². The molecular formula is C17H20N2O4S. The third-order valence-electron chi connectivity index (χ3n) is 4.86. The SMILES string of the molecule is CSc1ccc(N2CC(C(=O)NC3(C(=O)O)CCC3)CC2=O)cc1. The number of rotatable bonds is 5. The van der Waals surface area contributed by atoms with Crippen molar-refractivity contribution in [2.45, 2.75) is 36.1 Å². The average Bonchev–Trinajstić information content (AvgIpc) is 2.92. The first-order chi connectivity index (χ1) is 11.4. The average molecular weight is 348 g/mol. The van der Waals surface area contributed by atoms with Crippen molar-refractivity contribution in [3.63, 3.8) is 0 Å². The number of anilines is 1. The van der Waals surface area contributed by atoms with Gasteiger partial charge in [0, 0.05) is 23.5 Å². The minimum atomic E-state index is -1.13. The van der Waals surface area contributed by atoms with Gasteiger partial charge in [0.25, 0.3) is 0 Å². The van der Waals surface area contributed by atoms with Gasteiger partial charge >= 0.3 is 5.97 Å². The van der Waals surface area contributed by atoms with E-state index in [1.165, 1.54) is 0 Å². The van der Waals surface area contributed by atoms with E-state index in [0.29, 0.717) is 19.4 Å². The summed E-state index contributed by atoms with van der Waals surface area (Å²) in [6.07, 6.45) is 3.80. The molecule has 24 heavy (non-hydrogen) atoms. The molecule has 1 aliphatic heterocycles. The molecule has 2 fully saturated rings. The van der Waals surface area contributed by atoms with E-state index in [9.17, 15) is 19.5 Å². The topological polar surface area (TPSA) is 86.7 Å². The number of carboxylic acid groups (broad SMARTS) is 1. The van der Waals surface area contributed by atoms with Gasteiger partial charge in [-0.25, -0.2) is 4.79 Å². The minimum absolute atomic E-state index is 0.106. The van der Waals surface area contributed by atoms with Gasteiger partial charge in [0.1, 0.15) is 5.54 Å². The van der Waals surface area contributed by atoms with Crippen LogP contribution < -0.4 is 10.2 Å². The molecule has 2 aliphatic rings.